The molecule has 7 rings (SSSR count). The first-order chi connectivity index (χ1) is 36.3. The van der Waals surface area contributed by atoms with Gasteiger partial charge in [0.2, 0.25) is 0 Å². The summed E-state index contributed by atoms with van der Waals surface area (Å²) >= 11 is 0. The maximum atomic E-state index is 6.57. The lowest BCUT2D eigenvalue weighted by Gasteiger charge is -2.34. The van der Waals surface area contributed by atoms with E-state index in [4.69, 9.17) is 37.9 Å². The molecule has 0 unspecified atom stereocenters. The lowest BCUT2D eigenvalue weighted by atomic mass is 9.71. The number of rotatable bonds is 8. The van der Waals surface area contributed by atoms with E-state index >= 15 is 0 Å². The number of methoxy groups -OCH3 is 8. The third-order valence-electron chi connectivity index (χ3n) is 16.4. The largest absolute Gasteiger partial charge is 0.497 e. The molecule has 0 radical (unpaired) electrons. The molecule has 8 heteroatoms. The Morgan fingerprint density at radius 3 is 0.590 bits per heavy atom. The van der Waals surface area contributed by atoms with Crippen molar-refractivity contribution in [2.45, 2.75) is 169 Å². The van der Waals surface area contributed by atoms with E-state index < -0.39 is 10.8 Å². The van der Waals surface area contributed by atoms with Gasteiger partial charge in [-0.2, -0.15) is 0 Å². The van der Waals surface area contributed by atoms with Crippen LogP contribution in [0.2, 0.25) is 0 Å². The molecule has 78 heavy (non-hydrogen) atoms. The molecule has 0 aliphatic heterocycles. The number of benzene rings is 6. The Hall–Kier alpha value is -6.28. The fourth-order valence-electron chi connectivity index (χ4n) is 11.8. The first kappa shape index (κ1) is 59.4. The molecule has 0 spiro atoms. The molecule has 0 fully saturated rings. The highest BCUT2D eigenvalue weighted by molar-refractivity contribution is 5.63. The van der Waals surface area contributed by atoms with Gasteiger partial charge in [-0.05, 0) is 90.4 Å². The number of hydrogen-bond acceptors (Lipinski definition) is 8. The summed E-state index contributed by atoms with van der Waals surface area (Å²) in [5.41, 5.74) is 15.3. The van der Waals surface area contributed by atoms with Gasteiger partial charge in [-0.15, -0.1) is 0 Å². The minimum atomic E-state index is -0.504. The van der Waals surface area contributed by atoms with Gasteiger partial charge < -0.3 is 37.9 Å². The second-order valence-corrected chi connectivity index (χ2v) is 26.8. The quantitative estimate of drug-likeness (QED) is 0.149. The Bertz CT molecular complexity index is 2780. The summed E-state index contributed by atoms with van der Waals surface area (Å²) in [5, 5.41) is 0. The van der Waals surface area contributed by atoms with Crippen molar-refractivity contribution in [3.63, 3.8) is 0 Å². The smallest absolute Gasteiger partial charge is 0.126 e. The van der Waals surface area contributed by atoms with Crippen LogP contribution in [0.1, 0.15) is 200 Å². The van der Waals surface area contributed by atoms with Crippen LogP contribution in [0.4, 0.5) is 0 Å². The average molecular weight is 1060 g/mol. The van der Waals surface area contributed by atoms with Crippen molar-refractivity contribution in [1.82, 2.24) is 0 Å². The topological polar surface area (TPSA) is 73.8 Å². The van der Waals surface area contributed by atoms with Gasteiger partial charge in [-0.25, -0.2) is 0 Å². The van der Waals surface area contributed by atoms with Crippen LogP contribution in [0.3, 0.4) is 0 Å². The maximum Gasteiger partial charge on any atom is 0.126 e. The zero-order chi connectivity index (χ0) is 57.8. The third-order valence-corrected chi connectivity index (χ3v) is 16.4. The zero-order valence-electron chi connectivity index (χ0n) is 52.0. The van der Waals surface area contributed by atoms with Crippen molar-refractivity contribution in [1.29, 1.82) is 0 Å². The highest BCUT2D eigenvalue weighted by atomic mass is 16.5. The minimum Gasteiger partial charge on any atom is -0.497 e. The number of ether oxygens (including phenoxy) is 8. The van der Waals surface area contributed by atoms with Gasteiger partial charge in [0.15, 0.2) is 0 Å². The van der Waals surface area contributed by atoms with Crippen LogP contribution >= 0.6 is 0 Å². The van der Waals surface area contributed by atoms with Crippen LogP contribution in [0.5, 0.6) is 46.0 Å². The molecule has 0 saturated carbocycles. The SMILES string of the molecule is COc1cc2c(OC)c(c1)Cc1cc(cc(C(C)(C)C)c1OC)C(C)(C)c1cc(c(OC)c(C(C)(C)C)c1)Cc1cc(OC)cc(c1OC)Cc1cc(cc(C(C)(C)C)c1OC)C(C)(C)c1cc(c(OC)c(C(C)(C)C)c1)C2. The van der Waals surface area contributed by atoms with E-state index in [1.54, 1.807) is 56.9 Å². The Morgan fingerprint density at radius 1 is 0.256 bits per heavy atom. The van der Waals surface area contributed by atoms with Crippen molar-refractivity contribution in [2.24, 2.45) is 0 Å². The average Bonchev–Trinajstić information content (AvgIpc) is 3.38. The van der Waals surface area contributed by atoms with E-state index in [0.717, 1.165) is 113 Å². The summed E-state index contributed by atoms with van der Waals surface area (Å²) in [5.74, 6) is 6.57. The fourth-order valence-corrected chi connectivity index (χ4v) is 11.8. The molecule has 12 bridgehead atoms. The number of hydrogen-bond donors (Lipinski definition) is 0. The van der Waals surface area contributed by atoms with E-state index in [-0.39, 0.29) is 21.7 Å². The second kappa shape index (κ2) is 21.7. The fraction of sp³-hybridized carbons (Fsp3) is 0.486. The van der Waals surface area contributed by atoms with Gasteiger partial charge in [0.25, 0.3) is 0 Å². The van der Waals surface area contributed by atoms with Crippen LogP contribution in [0, 0.1) is 0 Å². The second-order valence-electron chi connectivity index (χ2n) is 26.8. The van der Waals surface area contributed by atoms with Gasteiger partial charge in [0.05, 0.1) is 56.9 Å². The van der Waals surface area contributed by atoms with Crippen molar-refractivity contribution in [3.05, 3.63) is 162 Å². The molecule has 1 aliphatic rings. The highest BCUT2D eigenvalue weighted by Crippen LogP contribution is 2.49. The van der Waals surface area contributed by atoms with E-state index in [9.17, 15) is 0 Å². The van der Waals surface area contributed by atoms with Crippen LogP contribution in [-0.4, -0.2) is 56.9 Å². The lowest BCUT2D eigenvalue weighted by molar-refractivity contribution is 0.386. The van der Waals surface area contributed by atoms with Gasteiger partial charge in [-0.1, -0.05) is 159 Å². The van der Waals surface area contributed by atoms with Crippen molar-refractivity contribution in [3.8, 4) is 46.0 Å². The Balaban J connectivity index is 1.67. The number of fused-ring (bicyclic) bond motifs is 12. The standard InChI is InChI=1S/C70H92O8/c1-65(2,3)55-37-49-29-41(61(55)75-21)25-45-33-53(71-17)34-46(59(45)73-19)27-43-31-51(39-57(63(43)77-23)67(7,8)9)70(15,16)52-32-44(64(78-24)58(40-52)68(10,11)12)28-48-36-54(72-18)35-47(60(48)74-20)26-42-30-50(69(49,13)14)38-56(62(42)76-22)66(4,5)6/h29-40H,25-28H2,1-24H3. The molecule has 0 N–H and O–H groups in total. The Kier molecular flexibility index (Phi) is 16.6. The molecule has 420 valence electrons. The third kappa shape index (κ3) is 11.4. The molecule has 6 aromatic rings. The predicted octanol–water partition coefficient (Wildman–Crippen LogP) is 16.3. The van der Waals surface area contributed by atoms with Crippen LogP contribution in [-0.2, 0) is 58.2 Å². The van der Waals surface area contributed by atoms with E-state index in [2.05, 4.69) is 184 Å². The van der Waals surface area contributed by atoms with Gasteiger partial charge in [-0.3, -0.25) is 0 Å². The Labute approximate surface area is 469 Å². The van der Waals surface area contributed by atoms with Gasteiger partial charge >= 0.3 is 0 Å². The molecule has 0 heterocycles. The highest BCUT2D eigenvalue weighted by Gasteiger charge is 2.36. The van der Waals surface area contributed by atoms with E-state index in [1.165, 1.54) is 22.3 Å². The summed E-state index contributed by atoms with van der Waals surface area (Å²) in [4.78, 5) is 0. The van der Waals surface area contributed by atoms with Crippen LogP contribution < -0.4 is 37.9 Å². The summed E-state index contributed by atoms with van der Waals surface area (Å²) < 4.78 is 51.5. The van der Waals surface area contributed by atoms with Crippen molar-refractivity contribution >= 4 is 0 Å². The first-order valence-corrected chi connectivity index (χ1v) is 27.7. The zero-order valence-corrected chi connectivity index (χ0v) is 52.0. The van der Waals surface area contributed by atoms with E-state index in [1.807, 2.05) is 0 Å². The van der Waals surface area contributed by atoms with Crippen LogP contribution in [0.15, 0.2) is 72.8 Å². The minimum absolute atomic E-state index is 0.264. The molecular weight excluding hydrogens is 969 g/mol. The van der Waals surface area contributed by atoms with Gasteiger partial charge in [0, 0.05) is 81.0 Å². The van der Waals surface area contributed by atoms with Crippen molar-refractivity contribution in [2.75, 3.05) is 56.9 Å². The molecule has 0 aromatic heterocycles. The monoisotopic (exact) mass is 1060 g/mol. The summed E-state index contributed by atoms with van der Waals surface area (Å²) in [7, 11) is 14.2. The van der Waals surface area contributed by atoms with Crippen LogP contribution in [0.25, 0.3) is 0 Å². The van der Waals surface area contributed by atoms with Crippen molar-refractivity contribution < 1.29 is 37.9 Å². The first-order valence-electron chi connectivity index (χ1n) is 27.7. The molecule has 0 saturated heterocycles. The summed E-state index contributed by atoms with van der Waals surface area (Å²) in [6.07, 6.45) is 2.10. The predicted molar refractivity (Wildman–Crippen MR) is 321 cm³/mol. The molecule has 0 atom stereocenters. The Morgan fingerprint density at radius 2 is 0.436 bits per heavy atom. The molecule has 6 aromatic carbocycles. The molecule has 1 aliphatic carbocycles. The van der Waals surface area contributed by atoms with Gasteiger partial charge in [0.1, 0.15) is 46.0 Å². The summed E-state index contributed by atoms with van der Waals surface area (Å²) in [6.45, 7) is 36.5. The van der Waals surface area contributed by atoms with E-state index in [0.29, 0.717) is 25.7 Å². The maximum absolute atomic E-state index is 6.57. The molecule has 0 amide bonds. The molecule has 8 nitrogen and oxygen atoms in total. The molecular formula is C70H92O8. The summed E-state index contributed by atoms with van der Waals surface area (Å²) in [6, 6.07) is 27.3. The lowest BCUT2D eigenvalue weighted by Crippen LogP contribution is -2.24. The normalized spacial score (nSPS) is 14.7.